The molecule has 1 N–H and O–H groups in total. The third kappa shape index (κ3) is 4.51. The van der Waals surface area contributed by atoms with E-state index in [1.807, 2.05) is 13.8 Å². The summed E-state index contributed by atoms with van der Waals surface area (Å²) in [5.41, 5.74) is 7.79. The summed E-state index contributed by atoms with van der Waals surface area (Å²) < 4.78 is 0. The average molecular weight is 401 g/mol. The van der Waals surface area contributed by atoms with Crippen molar-refractivity contribution < 1.29 is 0 Å². The largest absolute Gasteiger partial charge is 0.340 e. The maximum atomic E-state index is 4.69. The van der Waals surface area contributed by atoms with Gasteiger partial charge in [0.05, 0.1) is 10.7 Å². The lowest BCUT2D eigenvalue weighted by atomic mass is 10.0. The van der Waals surface area contributed by atoms with Crippen LogP contribution in [0, 0.1) is 27.7 Å². The minimum Gasteiger partial charge on any atom is -0.340 e. The topological polar surface area (TPSA) is 50.7 Å². The monoisotopic (exact) mass is 400 g/mol. The zero-order valence-electron chi connectivity index (χ0n) is 17.2. The second kappa shape index (κ2) is 8.13. The molecule has 29 heavy (non-hydrogen) atoms. The van der Waals surface area contributed by atoms with E-state index in [0.717, 1.165) is 51.3 Å². The molecule has 0 radical (unpaired) electrons. The first kappa shape index (κ1) is 19.3. The standard InChI is InChI=1S/C24H24N4S/c1-15-5-7-19(8-6-15)13-22-16(2)25-17(3)26-24(22)28-21-11-9-20(10-12-21)23-14-29-18(4)27-23/h5-12,14H,13H2,1-4H3,(H,25,26,28). The third-order valence-corrected chi connectivity index (χ3v) is 5.66. The fourth-order valence-electron chi connectivity index (χ4n) is 3.32. The highest BCUT2D eigenvalue weighted by atomic mass is 32.1. The molecule has 0 unspecified atom stereocenters. The molecule has 4 nitrogen and oxygen atoms in total. The Kier molecular flexibility index (Phi) is 5.41. The van der Waals surface area contributed by atoms with E-state index in [2.05, 4.69) is 83.0 Å². The molecular formula is C24H24N4S. The molecule has 0 aliphatic carbocycles. The number of aromatic nitrogens is 3. The quantitative estimate of drug-likeness (QED) is 0.435. The van der Waals surface area contributed by atoms with Gasteiger partial charge in [-0.25, -0.2) is 15.0 Å². The van der Waals surface area contributed by atoms with Crippen molar-refractivity contribution in [3.8, 4) is 11.3 Å². The number of anilines is 2. The van der Waals surface area contributed by atoms with E-state index in [9.17, 15) is 0 Å². The van der Waals surface area contributed by atoms with E-state index in [1.54, 1.807) is 11.3 Å². The van der Waals surface area contributed by atoms with Crippen LogP contribution in [0.4, 0.5) is 11.5 Å². The maximum absolute atomic E-state index is 4.69. The van der Waals surface area contributed by atoms with Crippen molar-refractivity contribution in [3.05, 3.63) is 87.1 Å². The summed E-state index contributed by atoms with van der Waals surface area (Å²) in [6, 6.07) is 17.0. The molecule has 0 aliphatic heterocycles. The minimum absolute atomic E-state index is 0.771. The third-order valence-electron chi connectivity index (χ3n) is 4.89. The predicted molar refractivity (Wildman–Crippen MR) is 121 cm³/mol. The van der Waals surface area contributed by atoms with Crippen LogP contribution in [0.25, 0.3) is 11.3 Å². The molecule has 2 aromatic carbocycles. The van der Waals surface area contributed by atoms with E-state index in [4.69, 9.17) is 4.98 Å². The van der Waals surface area contributed by atoms with Gasteiger partial charge in [0, 0.05) is 34.3 Å². The highest BCUT2D eigenvalue weighted by Gasteiger charge is 2.12. The van der Waals surface area contributed by atoms with Crippen LogP contribution in [-0.4, -0.2) is 15.0 Å². The molecule has 0 bridgehead atoms. The Bertz CT molecular complexity index is 1130. The van der Waals surface area contributed by atoms with Gasteiger partial charge in [0.1, 0.15) is 11.6 Å². The molecule has 2 heterocycles. The van der Waals surface area contributed by atoms with E-state index < -0.39 is 0 Å². The Morgan fingerprint density at radius 1 is 0.828 bits per heavy atom. The van der Waals surface area contributed by atoms with Gasteiger partial charge in [-0.15, -0.1) is 11.3 Å². The van der Waals surface area contributed by atoms with Gasteiger partial charge in [-0.05, 0) is 45.4 Å². The first-order valence-electron chi connectivity index (χ1n) is 9.67. The maximum Gasteiger partial charge on any atom is 0.137 e. The van der Waals surface area contributed by atoms with Gasteiger partial charge in [-0.2, -0.15) is 0 Å². The van der Waals surface area contributed by atoms with Crippen molar-refractivity contribution >= 4 is 22.8 Å². The number of hydrogen-bond acceptors (Lipinski definition) is 5. The molecule has 0 atom stereocenters. The van der Waals surface area contributed by atoms with Crippen LogP contribution >= 0.6 is 11.3 Å². The summed E-state index contributed by atoms with van der Waals surface area (Å²) in [6.07, 6.45) is 0.797. The van der Waals surface area contributed by atoms with Crippen LogP contribution in [0.1, 0.15) is 33.2 Å². The summed E-state index contributed by atoms with van der Waals surface area (Å²) >= 11 is 1.67. The van der Waals surface area contributed by atoms with Crippen molar-refractivity contribution in [1.29, 1.82) is 0 Å². The van der Waals surface area contributed by atoms with Gasteiger partial charge in [0.2, 0.25) is 0 Å². The molecule has 0 spiro atoms. The van der Waals surface area contributed by atoms with Gasteiger partial charge < -0.3 is 5.32 Å². The van der Waals surface area contributed by atoms with Crippen LogP contribution in [0.2, 0.25) is 0 Å². The SMILES string of the molecule is Cc1ccc(Cc2c(C)nc(C)nc2Nc2ccc(-c3csc(C)n3)cc2)cc1. The second-order valence-electron chi connectivity index (χ2n) is 7.30. The van der Waals surface area contributed by atoms with E-state index >= 15 is 0 Å². The number of hydrogen-bond donors (Lipinski definition) is 1. The summed E-state index contributed by atoms with van der Waals surface area (Å²) in [5, 5.41) is 6.67. The Labute approximate surface area is 175 Å². The summed E-state index contributed by atoms with van der Waals surface area (Å²) in [5.74, 6) is 1.64. The lowest BCUT2D eigenvalue weighted by molar-refractivity contribution is 0.965. The number of rotatable bonds is 5. The fourth-order valence-corrected chi connectivity index (χ4v) is 3.94. The van der Waals surface area contributed by atoms with Gasteiger partial charge in [-0.3, -0.25) is 0 Å². The molecule has 4 aromatic rings. The van der Waals surface area contributed by atoms with Crippen molar-refractivity contribution in [1.82, 2.24) is 15.0 Å². The number of nitrogens with one attached hydrogen (secondary N) is 1. The van der Waals surface area contributed by atoms with Crippen LogP contribution < -0.4 is 5.32 Å². The van der Waals surface area contributed by atoms with E-state index in [1.165, 1.54) is 11.1 Å². The first-order chi connectivity index (χ1) is 14.0. The van der Waals surface area contributed by atoms with E-state index in [0.29, 0.717) is 0 Å². The van der Waals surface area contributed by atoms with Gasteiger partial charge >= 0.3 is 0 Å². The second-order valence-corrected chi connectivity index (χ2v) is 8.36. The average Bonchev–Trinajstić information content (AvgIpc) is 3.13. The van der Waals surface area contributed by atoms with Crippen molar-refractivity contribution in [2.75, 3.05) is 5.32 Å². The van der Waals surface area contributed by atoms with Crippen molar-refractivity contribution in [2.24, 2.45) is 0 Å². The Morgan fingerprint density at radius 2 is 1.55 bits per heavy atom. The number of thiazole rings is 1. The minimum atomic E-state index is 0.771. The van der Waals surface area contributed by atoms with Crippen molar-refractivity contribution in [2.45, 2.75) is 34.1 Å². The Morgan fingerprint density at radius 3 is 2.21 bits per heavy atom. The number of benzene rings is 2. The van der Waals surface area contributed by atoms with Crippen LogP contribution in [-0.2, 0) is 6.42 Å². The highest BCUT2D eigenvalue weighted by Crippen LogP contribution is 2.27. The zero-order chi connectivity index (χ0) is 20.4. The van der Waals surface area contributed by atoms with Crippen LogP contribution in [0.15, 0.2) is 53.9 Å². The van der Waals surface area contributed by atoms with Gasteiger partial charge in [0.15, 0.2) is 0 Å². The molecule has 0 saturated carbocycles. The lowest BCUT2D eigenvalue weighted by Gasteiger charge is -2.15. The zero-order valence-corrected chi connectivity index (χ0v) is 18.0. The summed E-state index contributed by atoms with van der Waals surface area (Å²) in [6.45, 7) is 8.12. The number of nitrogens with zero attached hydrogens (tertiary/aromatic N) is 3. The first-order valence-corrected chi connectivity index (χ1v) is 10.5. The lowest BCUT2D eigenvalue weighted by Crippen LogP contribution is -2.06. The molecule has 0 saturated heterocycles. The predicted octanol–water partition coefficient (Wildman–Crippen LogP) is 6.17. The molecular weight excluding hydrogens is 376 g/mol. The van der Waals surface area contributed by atoms with Crippen LogP contribution in [0.3, 0.4) is 0 Å². The summed E-state index contributed by atoms with van der Waals surface area (Å²) in [7, 11) is 0. The van der Waals surface area contributed by atoms with E-state index in [-0.39, 0.29) is 0 Å². The summed E-state index contributed by atoms with van der Waals surface area (Å²) in [4.78, 5) is 13.8. The number of aryl methyl sites for hydroxylation is 4. The molecule has 0 fully saturated rings. The molecule has 0 aliphatic rings. The molecule has 4 rings (SSSR count). The highest BCUT2D eigenvalue weighted by molar-refractivity contribution is 7.09. The van der Waals surface area contributed by atoms with Gasteiger partial charge in [-0.1, -0.05) is 42.0 Å². The molecule has 5 heteroatoms. The Balaban J connectivity index is 1.61. The normalized spacial score (nSPS) is 10.9. The van der Waals surface area contributed by atoms with Crippen LogP contribution in [0.5, 0.6) is 0 Å². The van der Waals surface area contributed by atoms with Gasteiger partial charge in [0.25, 0.3) is 0 Å². The van der Waals surface area contributed by atoms with Crippen molar-refractivity contribution in [3.63, 3.8) is 0 Å². The fraction of sp³-hybridized carbons (Fsp3) is 0.208. The molecule has 0 amide bonds. The Hall–Kier alpha value is -3.05. The smallest absolute Gasteiger partial charge is 0.137 e. The molecule has 146 valence electrons. The molecule has 2 aromatic heterocycles.